The van der Waals surface area contributed by atoms with Crippen LogP contribution in [0, 0.1) is 11.8 Å². The fourth-order valence-corrected chi connectivity index (χ4v) is 4.95. The van der Waals surface area contributed by atoms with E-state index in [1.165, 1.54) is 12.1 Å². The number of benzene rings is 3. The normalized spacial score (nSPS) is 12.3. The van der Waals surface area contributed by atoms with Crippen LogP contribution >= 0.6 is 0 Å². The number of unbranched alkanes of at least 4 members (excludes halogenated alkanes) is 2. The summed E-state index contributed by atoms with van der Waals surface area (Å²) in [4.78, 5) is 51.3. The molecule has 0 amide bonds. The van der Waals surface area contributed by atoms with Crippen LogP contribution in [0.2, 0.25) is 0 Å². The second-order valence-electron chi connectivity index (χ2n) is 11.3. The third-order valence-electron chi connectivity index (χ3n) is 7.91. The summed E-state index contributed by atoms with van der Waals surface area (Å²) in [5, 5.41) is 0. The van der Waals surface area contributed by atoms with Crippen LogP contribution in [0.1, 0.15) is 120 Å². The van der Waals surface area contributed by atoms with Crippen LogP contribution in [0.3, 0.4) is 0 Å². The van der Waals surface area contributed by atoms with Crippen LogP contribution in [0.25, 0.3) is 0 Å². The topological polar surface area (TPSA) is 96.0 Å². The van der Waals surface area contributed by atoms with Gasteiger partial charge >= 0.3 is 11.9 Å². The molecule has 0 saturated heterocycles. The highest BCUT2D eigenvalue weighted by molar-refractivity contribution is 6.09. The van der Waals surface area contributed by atoms with Crippen molar-refractivity contribution in [2.75, 3.05) is 19.8 Å². The summed E-state index contributed by atoms with van der Waals surface area (Å²) in [5.74, 6) is -0.719. The van der Waals surface area contributed by atoms with E-state index < -0.39 is 11.9 Å². The zero-order valence-corrected chi connectivity index (χ0v) is 27.0. The van der Waals surface area contributed by atoms with Gasteiger partial charge in [-0.15, -0.1) is 0 Å². The van der Waals surface area contributed by atoms with Gasteiger partial charge in [0.25, 0.3) is 0 Å². The van der Waals surface area contributed by atoms with Crippen molar-refractivity contribution < 1.29 is 33.4 Å². The number of ketones is 2. The molecule has 0 heterocycles. The predicted octanol–water partition coefficient (Wildman–Crippen LogP) is 8.54. The molecule has 7 heteroatoms. The number of esters is 2. The van der Waals surface area contributed by atoms with Gasteiger partial charge in [0, 0.05) is 29.2 Å². The minimum Gasteiger partial charge on any atom is -0.462 e. The van der Waals surface area contributed by atoms with Crippen LogP contribution in [-0.4, -0.2) is 43.3 Å². The average Bonchev–Trinajstić information content (AvgIpc) is 3.08. The molecule has 0 fully saturated rings. The van der Waals surface area contributed by atoms with E-state index in [2.05, 4.69) is 20.8 Å². The molecule has 45 heavy (non-hydrogen) atoms. The standard InChI is InChI=1S/C38H46O7/c1-5-9-11-27(7-3)25-44-37(41)31-17-13-28(14-18-31)35(39)29-15-19-32(20-16-29)38(42)45-34-23-21-30(22-24-34)36(40)33(12-10-6-2)26-43-8-4/h13-24,27,33H,5-12,25-26H2,1-4H3. The molecule has 0 aliphatic carbocycles. The van der Waals surface area contributed by atoms with E-state index in [-0.39, 0.29) is 23.0 Å². The Morgan fingerprint density at radius 1 is 0.600 bits per heavy atom. The molecular weight excluding hydrogens is 568 g/mol. The molecule has 0 aliphatic rings. The SMILES string of the molecule is CCCCC(CC)COC(=O)c1ccc(C(=O)c2ccc(C(=O)Oc3ccc(C(=O)C(CCCC)COCC)cc3)cc2)cc1. The molecule has 3 aromatic rings. The zero-order valence-electron chi connectivity index (χ0n) is 27.0. The van der Waals surface area contributed by atoms with Gasteiger partial charge in [0.2, 0.25) is 0 Å². The van der Waals surface area contributed by atoms with Gasteiger partial charge in [-0.05, 0) is 74.2 Å². The summed E-state index contributed by atoms with van der Waals surface area (Å²) >= 11 is 0. The number of ether oxygens (including phenoxy) is 3. The van der Waals surface area contributed by atoms with E-state index in [0.717, 1.165) is 44.9 Å². The van der Waals surface area contributed by atoms with Crippen LogP contribution < -0.4 is 4.74 Å². The Hall–Kier alpha value is -4.10. The maximum Gasteiger partial charge on any atom is 0.343 e. The first kappa shape index (κ1) is 35.4. The fourth-order valence-electron chi connectivity index (χ4n) is 4.95. The number of rotatable bonds is 19. The predicted molar refractivity (Wildman–Crippen MR) is 175 cm³/mol. The lowest BCUT2D eigenvalue weighted by Gasteiger charge is -2.15. The summed E-state index contributed by atoms with van der Waals surface area (Å²) in [6.45, 7) is 9.59. The van der Waals surface area contributed by atoms with Gasteiger partial charge in [-0.25, -0.2) is 9.59 Å². The molecule has 3 aromatic carbocycles. The summed E-state index contributed by atoms with van der Waals surface area (Å²) < 4.78 is 16.5. The summed E-state index contributed by atoms with van der Waals surface area (Å²) in [7, 11) is 0. The molecule has 2 unspecified atom stereocenters. The fraction of sp³-hybridized carbons (Fsp3) is 0.421. The van der Waals surface area contributed by atoms with Crippen molar-refractivity contribution in [3.63, 3.8) is 0 Å². The van der Waals surface area contributed by atoms with Crippen molar-refractivity contribution in [2.24, 2.45) is 11.8 Å². The molecule has 0 aromatic heterocycles. The molecular formula is C38H46O7. The number of carbonyl (C=O) groups excluding carboxylic acids is 4. The Bertz CT molecular complexity index is 1370. The van der Waals surface area contributed by atoms with E-state index in [0.29, 0.717) is 53.7 Å². The van der Waals surface area contributed by atoms with Gasteiger partial charge in [0.05, 0.1) is 24.3 Å². The molecule has 3 rings (SSSR count). The Balaban J connectivity index is 1.56. The summed E-state index contributed by atoms with van der Waals surface area (Å²) in [6.07, 6.45) is 6.94. The Labute approximate surface area is 267 Å². The number of hydrogen-bond acceptors (Lipinski definition) is 7. The van der Waals surface area contributed by atoms with Crippen LogP contribution in [0.4, 0.5) is 0 Å². The van der Waals surface area contributed by atoms with Crippen molar-refractivity contribution in [1.29, 1.82) is 0 Å². The molecule has 0 radical (unpaired) electrons. The molecule has 0 saturated carbocycles. The van der Waals surface area contributed by atoms with Crippen molar-refractivity contribution in [3.8, 4) is 5.75 Å². The first-order valence-corrected chi connectivity index (χ1v) is 16.2. The molecule has 7 nitrogen and oxygen atoms in total. The van der Waals surface area contributed by atoms with E-state index in [9.17, 15) is 19.2 Å². The van der Waals surface area contributed by atoms with Crippen LogP contribution in [0.15, 0.2) is 72.8 Å². The summed E-state index contributed by atoms with van der Waals surface area (Å²) in [5.41, 5.74) is 2.05. The molecule has 0 N–H and O–H groups in total. The highest BCUT2D eigenvalue weighted by Crippen LogP contribution is 2.21. The average molecular weight is 615 g/mol. The van der Waals surface area contributed by atoms with Gasteiger partial charge in [0.1, 0.15) is 5.75 Å². The third kappa shape index (κ3) is 10.8. The smallest absolute Gasteiger partial charge is 0.343 e. The van der Waals surface area contributed by atoms with Crippen molar-refractivity contribution >= 4 is 23.5 Å². The maximum absolute atomic E-state index is 13.0. The van der Waals surface area contributed by atoms with Crippen LogP contribution in [-0.2, 0) is 9.47 Å². The minimum atomic E-state index is -0.576. The Kier molecular flexibility index (Phi) is 14.7. The maximum atomic E-state index is 13.0. The first-order chi connectivity index (χ1) is 21.8. The molecule has 0 spiro atoms. The lowest BCUT2D eigenvalue weighted by atomic mass is 9.93. The summed E-state index contributed by atoms with van der Waals surface area (Å²) in [6, 6.07) is 19.1. The largest absolute Gasteiger partial charge is 0.462 e. The van der Waals surface area contributed by atoms with Gasteiger partial charge in [0.15, 0.2) is 11.6 Å². The highest BCUT2D eigenvalue weighted by atomic mass is 16.5. The van der Waals surface area contributed by atoms with Crippen molar-refractivity contribution in [2.45, 2.75) is 72.6 Å². The Morgan fingerprint density at radius 2 is 1.11 bits per heavy atom. The lowest BCUT2D eigenvalue weighted by Crippen LogP contribution is -2.20. The number of Topliss-reactive ketones (excluding diaryl/α,β-unsaturated/α-hetero) is 1. The first-order valence-electron chi connectivity index (χ1n) is 16.2. The van der Waals surface area contributed by atoms with Gasteiger partial charge in [-0.3, -0.25) is 9.59 Å². The van der Waals surface area contributed by atoms with E-state index in [4.69, 9.17) is 14.2 Å². The van der Waals surface area contributed by atoms with Crippen molar-refractivity contribution in [1.82, 2.24) is 0 Å². The molecule has 2 atom stereocenters. The van der Waals surface area contributed by atoms with Crippen molar-refractivity contribution in [3.05, 3.63) is 101 Å². The third-order valence-corrected chi connectivity index (χ3v) is 7.91. The molecule has 240 valence electrons. The lowest BCUT2D eigenvalue weighted by molar-refractivity contribution is 0.0427. The highest BCUT2D eigenvalue weighted by Gasteiger charge is 2.20. The van der Waals surface area contributed by atoms with E-state index in [1.54, 1.807) is 60.7 Å². The van der Waals surface area contributed by atoms with Crippen LogP contribution in [0.5, 0.6) is 5.75 Å². The monoisotopic (exact) mass is 614 g/mol. The van der Waals surface area contributed by atoms with E-state index in [1.807, 2.05) is 6.92 Å². The second kappa shape index (κ2) is 18.6. The van der Waals surface area contributed by atoms with Gasteiger partial charge < -0.3 is 14.2 Å². The second-order valence-corrected chi connectivity index (χ2v) is 11.3. The van der Waals surface area contributed by atoms with Gasteiger partial charge in [-0.1, -0.05) is 77.1 Å². The number of carbonyl (C=O) groups is 4. The minimum absolute atomic E-state index is 0.0209. The quantitative estimate of drug-likeness (QED) is 0.0758. The van der Waals surface area contributed by atoms with E-state index >= 15 is 0 Å². The molecule has 0 bridgehead atoms. The van der Waals surface area contributed by atoms with Gasteiger partial charge in [-0.2, -0.15) is 0 Å². The number of hydrogen-bond donors (Lipinski definition) is 0. The Morgan fingerprint density at radius 3 is 1.64 bits per heavy atom. The zero-order chi connectivity index (χ0) is 32.6. The molecule has 0 aliphatic heterocycles.